The molecule has 180 valence electrons. The molecular formula is C28H40N2O3. The Balaban J connectivity index is 2.39. The SMILES string of the molecule is CCN(CC)C(C)c1cc(C)ccc1C(=O)OC(=O)c1ccc(C)cc1C(C)N(CC)CC. The molecule has 5 heteroatoms. The van der Waals surface area contributed by atoms with Gasteiger partial charge in [0.1, 0.15) is 0 Å². The molecule has 0 aliphatic rings. The van der Waals surface area contributed by atoms with E-state index in [1.165, 1.54) is 0 Å². The standard InChI is InChI=1S/C28H40N2O3/c1-9-29(10-2)21(7)25-17-19(5)13-15-23(25)27(31)33-28(32)24-16-14-20(6)18-26(24)22(8)30(11-3)12-4/h13-18,21-22H,9-12H2,1-8H3. The van der Waals surface area contributed by atoms with E-state index in [1.807, 2.05) is 38.1 Å². The lowest BCUT2D eigenvalue weighted by Gasteiger charge is -2.29. The Labute approximate surface area is 199 Å². The van der Waals surface area contributed by atoms with Gasteiger partial charge in [-0.3, -0.25) is 9.80 Å². The van der Waals surface area contributed by atoms with Crippen molar-refractivity contribution in [2.24, 2.45) is 0 Å². The maximum absolute atomic E-state index is 13.2. The fourth-order valence-corrected chi connectivity index (χ4v) is 4.56. The van der Waals surface area contributed by atoms with Crippen LogP contribution < -0.4 is 0 Å². The average Bonchev–Trinajstić information content (AvgIpc) is 2.80. The molecule has 5 nitrogen and oxygen atoms in total. The van der Waals surface area contributed by atoms with Crippen molar-refractivity contribution in [3.05, 3.63) is 69.8 Å². The van der Waals surface area contributed by atoms with E-state index in [2.05, 4.69) is 51.3 Å². The van der Waals surface area contributed by atoms with Gasteiger partial charge in [0.15, 0.2) is 0 Å². The highest BCUT2D eigenvalue weighted by Crippen LogP contribution is 2.28. The fourth-order valence-electron chi connectivity index (χ4n) is 4.56. The van der Waals surface area contributed by atoms with Gasteiger partial charge in [-0.25, -0.2) is 9.59 Å². The molecule has 0 radical (unpaired) electrons. The van der Waals surface area contributed by atoms with Crippen LogP contribution in [-0.2, 0) is 4.74 Å². The zero-order chi connectivity index (χ0) is 24.7. The number of nitrogens with zero attached hydrogens (tertiary/aromatic N) is 2. The summed E-state index contributed by atoms with van der Waals surface area (Å²) in [6, 6.07) is 11.4. The molecule has 0 amide bonds. The van der Waals surface area contributed by atoms with E-state index in [0.717, 1.165) is 48.4 Å². The van der Waals surface area contributed by atoms with Crippen LogP contribution >= 0.6 is 0 Å². The molecule has 2 atom stereocenters. The third-order valence-corrected chi connectivity index (χ3v) is 6.66. The first-order valence-electron chi connectivity index (χ1n) is 12.1. The van der Waals surface area contributed by atoms with E-state index in [-0.39, 0.29) is 12.1 Å². The van der Waals surface area contributed by atoms with Crippen LogP contribution in [0.25, 0.3) is 0 Å². The van der Waals surface area contributed by atoms with Gasteiger partial charge in [-0.1, -0.05) is 63.1 Å². The number of benzene rings is 2. The van der Waals surface area contributed by atoms with Crippen LogP contribution in [0.15, 0.2) is 36.4 Å². The van der Waals surface area contributed by atoms with Crippen LogP contribution in [-0.4, -0.2) is 47.9 Å². The summed E-state index contributed by atoms with van der Waals surface area (Å²) in [4.78, 5) is 30.9. The predicted molar refractivity (Wildman–Crippen MR) is 135 cm³/mol. The number of carbonyl (C=O) groups is 2. The monoisotopic (exact) mass is 452 g/mol. The Kier molecular flexibility index (Phi) is 9.81. The third-order valence-electron chi connectivity index (χ3n) is 6.66. The van der Waals surface area contributed by atoms with Crippen molar-refractivity contribution >= 4 is 11.9 Å². The molecule has 0 aliphatic heterocycles. The summed E-state index contributed by atoms with van der Waals surface area (Å²) in [6.45, 7) is 20.1. The van der Waals surface area contributed by atoms with Gasteiger partial charge in [0.2, 0.25) is 0 Å². The van der Waals surface area contributed by atoms with Gasteiger partial charge in [0.05, 0.1) is 11.1 Å². The molecule has 0 fully saturated rings. The molecule has 2 rings (SSSR count). The Morgan fingerprint density at radius 3 is 1.33 bits per heavy atom. The summed E-state index contributed by atoms with van der Waals surface area (Å²) in [7, 11) is 0. The van der Waals surface area contributed by atoms with E-state index in [1.54, 1.807) is 12.1 Å². The first-order valence-corrected chi connectivity index (χ1v) is 12.1. The summed E-state index contributed by atoms with van der Waals surface area (Å²) in [5, 5.41) is 0. The normalized spacial score (nSPS) is 13.3. The van der Waals surface area contributed by atoms with Crippen LogP contribution in [0.5, 0.6) is 0 Å². The number of carbonyl (C=O) groups excluding carboxylic acids is 2. The lowest BCUT2D eigenvalue weighted by Crippen LogP contribution is -2.29. The topological polar surface area (TPSA) is 49.9 Å². The molecule has 33 heavy (non-hydrogen) atoms. The Morgan fingerprint density at radius 2 is 1.03 bits per heavy atom. The van der Waals surface area contributed by atoms with Crippen molar-refractivity contribution in [2.45, 2.75) is 67.5 Å². The van der Waals surface area contributed by atoms with Crippen molar-refractivity contribution in [3.63, 3.8) is 0 Å². The van der Waals surface area contributed by atoms with Gasteiger partial charge in [-0.2, -0.15) is 0 Å². The van der Waals surface area contributed by atoms with Crippen LogP contribution in [0.2, 0.25) is 0 Å². The van der Waals surface area contributed by atoms with Gasteiger partial charge >= 0.3 is 11.9 Å². The van der Waals surface area contributed by atoms with Crippen LogP contribution in [0, 0.1) is 13.8 Å². The summed E-state index contributed by atoms with van der Waals surface area (Å²) in [5.74, 6) is -1.20. The highest BCUT2D eigenvalue weighted by atomic mass is 16.6. The average molecular weight is 453 g/mol. The minimum atomic E-state index is -0.601. The summed E-state index contributed by atoms with van der Waals surface area (Å²) in [5.41, 5.74) is 4.80. The molecule has 0 saturated carbocycles. The lowest BCUT2D eigenvalue weighted by molar-refractivity contribution is 0.0393. The van der Waals surface area contributed by atoms with Crippen LogP contribution in [0.4, 0.5) is 0 Å². The molecule has 0 heterocycles. The summed E-state index contributed by atoms with van der Waals surface area (Å²) in [6.07, 6.45) is 0. The maximum Gasteiger partial charge on any atom is 0.346 e. The van der Waals surface area contributed by atoms with Crippen molar-refractivity contribution in [1.82, 2.24) is 9.80 Å². The lowest BCUT2D eigenvalue weighted by atomic mass is 9.97. The number of aryl methyl sites for hydroxylation is 2. The number of hydrogen-bond donors (Lipinski definition) is 0. The maximum atomic E-state index is 13.2. The molecule has 0 N–H and O–H groups in total. The van der Waals surface area contributed by atoms with Crippen molar-refractivity contribution in [1.29, 1.82) is 0 Å². The molecule has 2 aromatic carbocycles. The minimum absolute atomic E-state index is 0.0372. The third kappa shape index (κ3) is 6.30. The van der Waals surface area contributed by atoms with Crippen LogP contribution in [0.3, 0.4) is 0 Å². The van der Waals surface area contributed by atoms with Gasteiger partial charge in [-0.05, 0) is 77.1 Å². The van der Waals surface area contributed by atoms with Crippen molar-refractivity contribution in [3.8, 4) is 0 Å². The quantitative estimate of drug-likeness (QED) is 0.322. The molecule has 0 bridgehead atoms. The number of hydrogen-bond acceptors (Lipinski definition) is 5. The molecule has 0 spiro atoms. The molecule has 0 aliphatic carbocycles. The van der Waals surface area contributed by atoms with Crippen molar-refractivity contribution in [2.75, 3.05) is 26.2 Å². The second-order valence-corrected chi connectivity index (χ2v) is 8.65. The number of rotatable bonds is 10. The first kappa shape index (κ1) is 26.7. The summed E-state index contributed by atoms with van der Waals surface area (Å²) < 4.78 is 5.46. The van der Waals surface area contributed by atoms with E-state index in [0.29, 0.717) is 11.1 Å². The number of ether oxygens (including phenoxy) is 1. The Hall–Kier alpha value is -2.50. The Bertz CT molecular complexity index is 884. The highest BCUT2D eigenvalue weighted by Gasteiger charge is 2.26. The predicted octanol–water partition coefficient (Wildman–Crippen LogP) is 6.11. The second-order valence-electron chi connectivity index (χ2n) is 8.65. The van der Waals surface area contributed by atoms with E-state index in [4.69, 9.17) is 4.74 Å². The highest BCUT2D eigenvalue weighted by molar-refractivity contribution is 6.04. The first-order chi connectivity index (χ1) is 15.7. The minimum Gasteiger partial charge on any atom is -0.386 e. The van der Waals surface area contributed by atoms with Gasteiger partial charge in [-0.15, -0.1) is 0 Å². The molecule has 0 saturated heterocycles. The zero-order valence-electron chi connectivity index (χ0n) is 21.6. The summed E-state index contributed by atoms with van der Waals surface area (Å²) >= 11 is 0. The number of esters is 2. The van der Waals surface area contributed by atoms with Gasteiger partial charge < -0.3 is 4.74 Å². The Morgan fingerprint density at radius 1 is 0.697 bits per heavy atom. The van der Waals surface area contributed by atoms with E-state index < -0.39 is 11.9 Å². The molecule has 2 unspecified atom stereocenters. The van der Waals surface area contributed by atoms with E-state index in [9.17, 15) is 9.59 Å². The van der Waals surface area contributed by atoms with Crippen LogP contribution in [0.1, 0.15) is 96.6 Å². The van der Waals surface area contributed by atoms with E-state index >= 15 is 0 Å². The molecular weight excluding hydrogens is 412 g/mol. The zero-order valence-corrected chi connectivity index (χ0v) is 21.6. The second kappa shape index (κ2) is 12.1. The smallest absolute Gasteiger partial charge is 0.346 e. The molecule has 0 aromatic heterocycles. The van der Waals surface area contributed by atoms with Crippen molar-refractivity contribution < 1.29 is 14.3 Å². The van der Waals surface area contributed by atoms with Gasteiger partial charge in [0, 0.05) is 12.1 Å². The molecule has 2 aromatic rings. The van der Waals surface area contributed by atoms with Gasteiger partial charge in [0.25, 0.3) is 0 Å². The fraction of sp³-hybridized carbons (Fsp3) is 0.500. The largest absolute Gasteiger partial charge is 0.386 e.